The average Bonchev–Trinajstić information content (AvgIpc) is 2.53. The third kappa shape index (κ3) is 7.39. The van der Waals surface area contributed by atoms with Crippen LogP contribution >= 0.6 is 0 Å². The first-order chi connectivity index (χ1) is 11.0. The number of ether oxygens (including phenoxy) is 2. The molecule has 0 saturated carbocycles. The molecule has 1 atom stereocenters. The molecule has 0 amide bonds. The van der Waals surface area contributed by atoms with E-state index in [0.717, 1.165) is 11.2 Å². The van der Waals surface area contributed by atoms with Crippen molar-refractivity contribution in [3.05, 3.63) is 47.7 Å². The molecular formula is C18H24O4S. The summed E-state index contributed by atoms with van der Waals surface area (Å²) in [5, 5.41) is 0. The Labute approximate surface area is 140 Å². The van der Waals surface area contributed by atoms with Crippen LogP contribution < -0.4 is 4.74 Å². The van der Waals surface area contributed by atoms with Gasteiger partial charge in [-0.1, -0.05) is 6.92 Å². The smallest absolute Gasteiger partial charge is 0.149 e. The van der Waals surface area contributed by atoms with Crippen LogP contribution in [0.1, 0.15) is 27.2 Å². The van der Waals surface area contributed by atoms with E-state index in [4.69, 9.17) is 9.47 Å². The summed E-state index contributed by atoms with van der Waals surface area (Å²) in [7, 11) is -1.01. The highest BCUT2D eigenvalue weighted by atomic mass is 32.2. The first kappa shape index (κ1) is 19.3. The fourth-order valence-corrected chi connectivity index (χ4v) is 2.24. The largest absolute Gasteiger partial charge is 0.462 e. The van der Waals surface area contributed by atoms with Gasteiger partial charge in [-0.15, -0.1) is 0 Å². The van der Waals surface area contributed by atoms with Gasteiger partial charge in [-0.2, -0.15) is 0 Å². The molecule has 126 valence electrons. The number of hydrogen-bond acceptors (Lipinski definition) is 4. The van der Waals surface area contributed by atoms with Crippen molar-refractivity contribution in [2.75, 3.05) is 12.9 Å². The number of aldehydes is 1. The lowest BCUT2D eigenvalue weighted by Gasteiger charge is -2.09. The van der Waals surface area contributed by atoms with Gasteiger partial charge in [-0.05, 0) is 50.3 Å². The van der Waals surface area contributed by atoms with Gasteiger partial charge in [0.2, 0.25) is 0 Å². The highest BCUT2D eigenvalue weighted by Gasteiger charge is 2.03. The van der Waals surface area contributed by atoms with Crippen LogP contribution in [-0.2, 0) is 20.3 Å². The van der Waals surface area contributed by atoms with Crippen LogP contribution in [0.25, 0.3) is 0 Å². The number of hydrogen-bond donors (Lipinski definition) is 0. The topological polar surface area (TPSA) is 52.6 Å². The molecular weight excluding hydrogens is 312 g/mol. The van der Waals surface area contributed by atoms with E-state index >= 15 is 0 Å². The molecule has 1 rings (SSSR count). The van der Waals surface area contributed by atoms with Crippen LogP contribution in [0.4, 0.5) is 0 Å². The Bertz CT molecular complexity index is 586. The van der Waals surface area contributed by atoms with E-state index in [1.54, 1.807) is 42.7 Å². The van der Waals surface area contributed by atoms with Crippen LogP contribution in [0.3, 0.4) is 0 Å². The van der Waals surface area contributed by atoms with E-state index in [0.29, 0.717) is 30.1 Å². The maximum absolute atomic E-state index is 11.4. The third-order valence-corrected chi connectivity index (χ3v) is 3.90. The van der Waals surface area contributed by atoms with E-state index in [1.807, 2.05) is 20.8 Å². The molecule has 1 aromatic rings. The van der Waals surface area contributed by atoms with Crippen molar-refractivity contribution < 1.29 is 18.5 Å². The van der Waals surface area contributed by atoms with Crippen molar-refractivity contribution in [1.29, 1.82) is 0 Å². The Kier molecular flexibility index (Phi) is 8.51. The predicted octanol–water partition coefficient (Wildman–Crippen LogP) is 3.65. The Hall–Kier alpha value is -1.72. The molecule has 0 spiro atoms. The molecule has 0 aliphatic rings. The average molecular weight is 336 g/mol. The minimum absolute atomic E-state index is 0.118. The zero-order chi connectivity index (χ0) is 17.2. The highest BCUT2D eigenvalue weighted by Crippen LogP contribution is 2.18. The number of allylic oxidation sites excluding steroid dienone is 3. The van der Waals surface area contributed by atoms with E-state index in [1.165, 1.54) is 0 Å². The molecule has 1 aromatic carbocycles. The molecule has 0 radical (unpaired) electrons. The van der Waals surface area contributed by atoms with E-state index < -0.39 is 10.8 Å². The number of carbonyl (C=O) groups excluding carboxylic acids is 1. The van der Waals surface area contributed by atoms with Crippen molar-refractivity contribution in [3.8, 4) is 5.75 Å². The van der Waals surface area contributed by atoms with Gasteiger partial charge in [0.1, 0.15) is 17.8 Å². The van der Waals surface area contributed by atoms with Gasteiger partial charge in [0.25, 0.3) is 0 Å². The molecule has 0 aliphatic heterocycles. The summed E-state index contributed by atoms with van der Waals surface area (Å²) in [4.78, 5) is 11.9. The fourth-order valence-electron chi connectivity index (χ4n) is 1.72. The zero-order valence-corrected chi connectivity index (χ0v) is 14.9. The first-order valence-corrected chi connectivity index (χ1v) is 9.11. The molecule has 0 aliphatic carbocycles. The molecule has 23 heavy (non-hydrogen) atoms. The van der Waals surface area contributed by atoms with Crippen molar-refractivity contribution in [2.24, 2.45) is 0 Å². The molecule has 0 heterocycles. The van der Waals surface area contributed by atoms with Gasteiger partial charge in [-0.25, -0.2) is 0 Å². The second-order valence-electron chi connectivity index (χ2n) is 5.20. The number of carbonyl (C=O) groups is 1. The van der Waals surface area contributed by atoms with Crippen LogP contribution in [0, 0.1) is 0 Å². The van der Waals surface area contributed by atoms with Crippen LogP contribution in [0.2, 0.25) is 0 Å². The Morgan fingerprint density at radius 1 is 1.26 bits per heavy atom. The summed E-state index contributed by atoms with van der Waals surface area (Å²) in [6.07, 6.45) is 6.63. The summed E-state index contributed by atoms with van der Waals surface area (Å²) < 4.78 is 22.6. The second kappa shape index (κ2) is 10.1. The fraction of sp³-hybridized carbons (Fsp3) is 0.389. The molecule has 0 aromatic heterocycles. The highest BCUT2D eigenvalue weighted by molar-refractivity contribution is 7.84. The van der Waals surface area contributed by atoms with Gasteiger partial charge < -0.3 is 9.47 Å². The van der Waals surface area contributed by atoms with E-state index in [2.05, 4.69) is 0 Å². The van der Waals surface area contributed by atoms with Gasteiger partial charge in [-0.3, -0.25) is 9.00 Å². The van der Waals surface area contributed by atoms with Crippen molar-refractivity contribution in [3.63, 3.8) is 0 Å². The summed E-state index contributed by atoms with van der Waals surface area (Å²) in [5.41, 5.74) is 0.522. The summed E-state index contributed by atoms with van der Waals surface area (Å²) in [6.45, 7) is 6.22. The van der Waals surface area contributed by atoms with E-state index in [9.17, 15) is 9.00 Å². The van der Waals surface area contributed by atoms with Crippen molar-refractivity contribution in [1.82, 2.24) is 0 Å². The normalized spacial score (nSPS) is 14.0. The lowest BCUT2D eigenvalue weighted by Crippen LogP contribution is -2.03. The van der Waals surface area contributed by atoms with Gasteiger partial charge >= 0.3 is 0 Å². The lowest BCUT2D eigenvalue weighted by molar-refractivity contribution is -0.104. The zero-order valence-electron chi connectivity index (χ0n) is 14.1. The summed E-state index contributed by atoms with van der Waals surface area (Å²) in [6, 6.07) is 7.08. The van der Waals surface area contributed by atoms with Crippen LogP contribution in [0.5, 0.6) is 5.75 Å². The van der Waals surface area contributed by atoms with Gasteiger partial charge in [0.15, 0.2) is 0 Å². The lowest BCUT2D eigenvalue weighted by atomic mass is 10.2. The third-order valence-electron chi connectivity index (χ3n) is 2.97. The Morgan fingerprint density at radius 3 is 2.39 bits per heavy atom. The predicted molar refractivity (Wildman–Crippen MR) is 93.0 cm³/mol. The molecule has 0 fully saturated rings. The molecule has 5 heteroatoms. The van der Waals surface area contributed by atoms with Gasteiger partial charge in [0, 0.05) is 33.9 Å². The maximum atomic E-state index is 11.4. The monoisotopic (exact) mass is 336 g/mol. The quantitative estimate of drug-likeness (QED) is 0.299. The Morgan fingerprint density at radius 2 is 1.91 bits per heavy atom. The maximum Gasteiger partial charge on any atom is 0.149 e. The summed E-state index contributed by atoms with van der Waals surface area (Å²) in [5.74, 6) is 1.33. The van der Waals surface area contributed by atoms with Gasteiger partial charge in [0.05, 0.1) is 12.7 Å². The van der Waals surface area contributed by atoms with Crippen molar-refractivity contribution >= 4 is 17.1 Å². The van der Waals surface area contributed by atoms with Crippen LogP contribution in [0.15, 0.2) is 52.6 Å². The molecule has 4 nitrogen and oxygen atoms in total. The minimum atomic E-state index is -1.01. The first-order valence-electron chi connectivity index (χ1n) is 7.55. The summed E-state index contributed by atoms with van der Waals surface area (Å²) >= 11 is 0. The molecule has 1 unspecified atom stereocenters. The number of benzene rings is 1. The van der Waals surface area contributed by atoms with Crippen LogP contribution in [-0.4, -0.2) is 29.5 Å². The molecule has 0 N–H and O–H groups in total. The number of rotatable bonds is 9. The standard InChI is InChI=1S/C18H24O4S/c1-5-16(12-15(13-19)10-11-21-14(2)3)22-17-6-8-18(9-7-17)23(4)20/h6-10,12-14H,5,11H2,1-4H3/b15-10+,16-12+. The SMILES string of the molecule is CC/C(=C\C(C=O)=C/COC(C)C)Oc1ccc(S(C)=O)cc1. The van der Waals surface area contributed by atoms with Crippen molar-refractivity contribution in [2.45, 2.75) is 38.2 Å². The Balaban J connectivity index is 2.80. The second-order valence-corrected chi connectivity index (χ2v) is 6.58. The minimum Gasteiger partial charge on any atom is -0.462 e. The molecule has 0 saturated heterocycles. The van der Waals surface area contributed by atoms with E-state index in [-0.39, 0.29) is 6.10 Å². The molecule has 0 bridgehead atoms.